The minimum atomic E-state index is -0.488. The molecule has 0 atom stereocenters. The third kappa shape index (κ3) is 2.90. The van der Waals surface area contributed by atoms with Crippen molar-refractivity contribution < 1.29 is 14.3 Å². The normalized spacial score (nSPS) is 13.3. The van der Waals surface area contributed by atoms with E-state index < -0.39 is 6.09 Å². The number of fused-ring (bicyclic) bond motifs is 1. The Kier molecular flexibility index (Phi) is 3.87. The molecule has 0 saturated heterocycles. The summed E-state index contributed by atoms with van der Waals surface area (Å²) < 4.78 is 10.7. The van der Waals surface area contributed by atoms with E-state index >= 15 is 0 Å². The number of carbonyl (C=O) groups excluding carboxylic acids is 1. The zero-order chi connectivity index (χ0) is 14.7. The van der Waals surface area contributed by atoms with Crippen molar-refractivity contribution in [2.45, 2.75) is 6.61 Å². The molecule has 0 spiro atoms. The van der Waals surface area contributed by atoms with E-state index in [4.69, 9.17) is 21.1 Å². The first-order valence-electron chi connectivity index (χ1n) is 6.37. The number of anilines is 1. The summed E-state index contributed by atoms with van der Waals surface area (Å²) in [5.41, 5.74) is 0.917. The van der Waals surface area contributed by atoms with Gasteiger partial charge >= 0.3 is 6.09 Å². The van der Waals surface area contributed by atoms with Gasteiger partial charge in [0.25, 0.3) is 0 Å². The molecule has 108 valence electrons. The lowest BCUT2D eigenvalue weighted by molar-refractivity contribution is 0.143. The van der Waals surface area contributed by atoms with Crippen LogP contribution in [0.15, 0.2) is 36.7 Å². The van der Waals surface area contributed by atoms with Crippen LogP contribution in [0.2, 0.25) is 5.15 Å². The van der Waals surface area contributed by atoms with E-state index in [-0.39, 0.29) is 11.8 Å². The lowest BCUT2D eigenvalue weighted by atomic mass is 10.2. The van der Waals surface area contributed by atoms with Gasteiger partial charge in [-0.25, -0.2) is 14.8 Å². The topological polar surface area (TPSA) is 64.5 Å². The molecule has 1 amide bonds. The third-order valence-electron chi connectivity index (χ3n) is 2.98. The zero-order valence-corrected chi connectivity index (χ0v) is 11.8. The Hall–Kier alpha value is -2.34. The third-order valence-corrected chi connectivity index (χ3v) is 3.25. The van der Waals surface area contributed by atoms with Crippen LogP contribution in [0.5, 0.6) is 5.75 Å². The van der Waals surface area contributed by atoms with E-state index in [2.05, 4.69) is 9.97 Å². The quantitative estimate of drug-likeness (QED) is 0.798. The predicted octanol–water partition coefficient (Wildman–Crippen LogP) is 2.67. The fourth-order valence-electron chi connectivity index (χ4n) is 1.98. The van der Waals surface area contributed by atoms with Crippen LogP contribution in [0.1, 0.15) is 5.56 Å². The van der Waals surface area contributed by atoms with E-state index in [0.29, 0.717) is 24.7 Å². The summed E-state index contributed by atoms with van der Waals surface area (Å²) in [6.45, 7) is 0.875. The second-order valence-electron chi connectivity index (χ2n) is 4.36. The Labute approximate surface area is 126 Å². The number of carbonyl (C=O) groups is 1. The van der Waals surface area contributed by atoms with Crippen molar-refractivity contribution >= 4 is 23.5 Å². The smallest absolute Gasteiger partial charge is 0.416 e. The fraction of sp³-hybridized carbons (Fsp3) is 0.214. The number of rotatable bonds is 2. The molecule has 1 aromatic carbocycles. The minimum absolute atomic E-state index is 0.181. The Morgan fingerprint density at radius 1 is 1.33 bits per heavy atom. The summed E-state index contributed by atoms with van der Waals surface area (Å²) >= 11 is 5.93. The summed E-state index contributed by atoms with van der Waals surface area (Å²) in [5.74, 6) is 0.640. The number of amides is 1. The van der Waals surface area contributed by atoms with Gasteiger partial charge in [-0.2, -0.15) is 0 Å². The Bertz CT molecular complexity index is 651. The van der Waals surface area contributed by atoms with Crippen LogP contribution in [0, 0.1) is 0 Å². The number of hydrogen-bond donors (Lipinski definition) is 0. The van der Waals surface area contributed by atoms with Gasteiger partial charge < -0.3 is 9.47 Å². The summed E-state index contributed by atoms with van der Waals surface area (Å²) in [5, 5.41) is 0.181. The van der Waals surface area contributed by atoms with Gasteiger partial charge in [0.2, 0.25) is 0 Å². The van der Waals surface area contributed by atoms with Gasteiger partial charge in [0.05, 0.1) is 6.54 Å². The summed E-state index contributed by atoms with van der Waals surface area (Å²) in [6, 6.07) is 9.46. The molecule has 2 heterocycles. The van der Waals surface area contributed by atoms with Crippen LogP contribution in [-0.4, -0.2) is 29.2 Å². The molecule has 1 aliphatic rings. The van der Waals surface area contributed by atoms with Gasteiger partial charge in [0, 0.05) is 0 Å². The van der Waals surface area contributed by atoms with Crippen LogP contribution in [0.4, 0.5) is 10.6 Å². The van der Waals surface area contributed by atoms with Gasteiger partial charge in [-0.1, -0.05) is 41.9 Å². The molecule has 21 heavy (non-hydrogen) atoms. The molecule has 0 bridgehead atoms. The SMILES string of the molecule is O=C(OCc1ccccc1)N1CCOc2c(Cl)ncnc21. The molecule has 6 nitrogen and oxygen atoms in total. The highest BCUT2D eigenvalue weighted by Gasteiger charge is 2.28. The molecule has 1 aliphatic heterocycles. The van der Waals surface area contributed by atoms with Crippen molar-refractivity contribution in [2.24, 2.45) is 0 Å². The molecular formula is C14H12ClN3O3. The highest BCUT2D eigenvalue weighted by Crippen LogP contribution is 2.34. The predicted molar refractivity (Wildman–Crippen MR) is 76.5 cm³/mol. The van der Waals surface area contributed by atoms with Crippen LogP contribution < -0.4 is 9.64 Å². The maximum absolute atomic E-state index is 12.2. The van der Waals surface area contributed by atoms with Crippen LogP contribution in [-0.2, 0) is 11.3 Å². The number of hydrogen-bond acceptors (Lipinski definition) is 5. The Morgan fingerprint density at radius 3 is 2.95 bits per heavy atom. The fourth-order valence-corrected chi connectivity index (χ4v) is 2.16. The average Bonchev–Trinajstić information content (AvgIpc) is 2.53. The lowest BCUT2D eigenvalue weighted by Gasteiger charge is -2.27. The maximum atomic E-state index is 12.2. The van der Waals surface area contributed by atoms with E-state index in [1.165, 1.54) is 11.2 Å². The van der Waals surface area contributed by atoms with E-state index in [1.807, 2.05) is 30.3 Å². The first-order chi connectivity index (χ1) is 10.3. The summed E-state index contributed by atoms with van der Waals surface area (Å²) in [4.78, 5) is 21.5. The molecule has 1 aromatic heterocycles. The van der Waals surface area contributed by atoms with Crippen molar-refractivity contribution in [1.29, 1.82) is 0 Å². The lowest BCUT2D eigenvalue weighted by Crippen LogP contribution is -2.39. The molecule has 0 fully saturated rings. The van der Waals surface area contributed by atoms with Crippen molar-refractivity contribution in [1.82, 2.24) is 9.97 Å². The van der Waals surface area contributed by atoms with Crippen molar-refractivity contribution in [2.75, 3.05) is 18.1 Å². The van der Waals surface area contributed by atoms with Gasteiger partial charge in [-0.05, 0) is 5.56 Å². The van der Waals surface area contributed by atoms with E-state index in [0.717, 1.165) is 5.56 Å². The van der Waals surface area contributed by atoms with Gasteiger partial charge in [0.1, 0.15) is 19.5 Å². The van der Waals surface area contributed by atoms with Crippen LogP contribution >= 0.6 is 11.6 Å². The summed E-state index contributed by atoms with van der Waals surface area (Å²) in [6.07, 6.45) is 0.797. The second kappa shape index (κ2) is 5.97. The second-order valence-corrected chi connectivity index (χ2v) is 4.72. The maximum Gasteiger partial charge on any atom is 0.416 e. The van der Waals surface area contributed by atoms with E-state index in [9.17, 15) is 4.79 Å². The Balaban J connectivity index is 1.73. The van der Waals surface area contributed by atoms with Gasteiger partial charge in [-0.15, -0.1) is 0 Å². The monoisotopic (exact) mass is 305 g/mol. The van der Waals surface area contributed by atoms with Crippen LogP contribution in [0.3, 0.4) is 0 Å². The van der Waals surface area contributed by atoms with Crippen molar-refractivity contribution in [3.05, 3.63) is 47.4 Å². The van der Waals surface area contributed by atoms with Crippen LogP contribution in [0.25, 0.3) is 0 Å². The number of ether oxygens (including phenoxy) is 2. The zero-order valence-electron chi connectivity index (χ0n) is 11.0. The average molecular weight is 306 g/mol. The Morgan fingerprint density at radius 2 is 2.14 bits per heavy atom. The minimum Gasteiger partial charge on any atom is -0.485 e. The van der Waals surface area contributed by atoms with Crippen molar-refractivity contribution in [3.8, 4) is 5.75 Å². The molecule has 7 heteroatoms. The molecule has 0 aliphatic carbocycles. The molecule has 0 radical (unpaired) electrons. The standard InChI is InChI=1S/C14H12ClN3O3/c15-12-11-13(17-9-16-12)18(6-7-20-11)14(19)21-8-10-4-2-1-3-5-10/h1-5,9H,6-8H2. The molecule has 0 saturated carbocycles. The number of nitrogens with zero attached hydrogens (tertiary/aromatic N) is 3. The first-order valence-corrected chi connectivity index (χ1v) is 6.75. The van der Waals surface area contributed by atoms with Gasteiger partial charge in [-0.3, -0.25) is 4.90 Å². The van der Waals surface area contributed by atoms with Crippen molar-refractivity contribution in [3.63, 3.8) is 0 Å². The molecule has 0 unspecified atom stereocenters. The highest BCUT2D eigenvalue weighted by atomic mass is 35.5. The number of benzene rings is 1. The number of halogens is 1. The van der Waals surface area contributed by atoms with E-state index in [1.54, 1.807) is 0 Å². The molecule has 3 rings (SSSR count). The largest absolute Gasteiger partial charge is 0.485 e. The number of aromatic nitrogens is 2. The highest BCUT2D eigenvalue weighted by molar-refractivity contribution is 6.31. The summed E-state index contributed by atoms with van der Waals surface area (Å²) in [7, 11) is 0. The first kappa shape index (κ1) is 13.6. The molecule has 0 N–H and O–H groups in total. The molecule has 2 aromatic rings. The molecular weight excluding hydrogens is 294 g/mol. The van der Waals surface area contributed by atoms with Gasteiger partial charge in [0.15, 0.2) is 16.7 Å².